The fourth-order valence-corrected chi connectivity index (χ4v) is 5.32. The van der Waals surface area contributed by atoms with E-state index in [9.17, 15) is 13.2 Å². The minimum absolute atomic E-state index is 0.0222. The molecule has 5 rings (SSSR count). The first-order valence-corrected chi connectivity index (χ1v) is 11.9. The van der Waals surface area contributed by atoms with Gasteiger partial charge < -0.3 is 4.90 Å². The molecule has 3 aromatic rings. The molecule has 0 saturated carbocycles. The van der Waals surface area contributed by atoms with Gasteiger partial charge in [0.25, 0.3) is 0 Å². The molecular weight excluding hydrogens is 410 g/mol. The molecule has 0 bridgehead atoms. The largest absolute Gasteiger partial charge is 0.309 e. The fourth-order valence-electron chi connectivity index (χ4n) is 4.78. The lowest BCUT2D eigenvalue weighted by molar-refractivity contribution is -0.122. The number of carbonyl (C=O) groups is 1. The van der Waals surface area contributed by atoms with Gasteiger partial charge in [-0.1, -0.05) is 24.3 Å². The number of fused-ring (bicyclic) bond motifs is 2. The first-order valence-electron chi connectivity index (χ1n) is 10.3. The summed E-state index contributed by atoms with van der Waals surface area (Å²) in [6.07, 6.45) is 3.83. The zero-order valence-corrected chi connectivity index (χ0v) is 18.0. The van der Waals surface area contributed by atoms with Crippen molar-refractivity contribution in [3.05, 3.63) is 77.5 Å². The third kappa shape index (κ3) is 3.54. The van der Waals surface area contributed by atoms with Gasteiger partial charge in [-0.15, -0.1) is 0 Å². The average molecular weight is 434 g/mol. The number of primary sulfonamides is 1. The summed E-state index contributed by atoms with van der Waals surface area (Å²) in [6, 6.07) is 16.9. The Bertz CT molecular complexity index is 1290. The number of rotatable bonds is 3. The van der Waals surface area contributed by atoms with Crippen molar-refractivity contribution in [2.45, 2.75) is 37.1 Å². The zero-order valence-electron chi connectivity index (χ0n) is 17.2. The maximum atomic E-state index is 13.5. The normalized spacial score (nSPS) is 19.9. The smallest absolute Gasteiger partial charge is 0.238 e. The van der Waals surface area contributed by atoms with Gasteiger partial charge >= 0.3 is 0 Å². The van der Waals surface area contributed by atoms with E-state index in [-0.39, 0.29) is 22.8 Å². The minimum Gasteiger partial charge on any atom is -0.309 e. The van der Waals surface area contributed by atoms with E-state index in [4.69, 9.17) is 5.14 Å². The van der Waals surface area contributed by atoms with Crippen LogP contribution in [-0.2, 0) is 34.1 Å². The average Bonchev–Trinajstić information content (AvgIpc) is 3.32. The molecule has 0 saturated heterocycles. The standard InChI is InChI=1S/C24H23N3O3S/c1-15-10-18-7-8-21(31(25,29)30)14-23(18)27(15)24(28)20-11-16-5-6-17(12-19(16)13-20)22-4-2-3-9-26-22/h2-9,12,14-15,20H,10-11,13H2,1H3,(H2,25,29,30)/t15-,20-/m1/s1. The van der Waals surface area contributed by atoms with Gasteiger partial charge in [0.1, 0.15) is 0 Å². The van der Waals surface area contributed by atoms with E-state index in [2.05, 4.69) is 23.2 Å². The van der Waals surface area contributed by atoms with Crippen molar-refractivity contribution in [2.75, 3.05) is 4.90 Å². The van der Waals surface area contributed by atoms with Gasteiger partial charge in [0.05, 0.1) is 10.6 Å². The summed E-state index contributed by atoms with van der Waals surface area (Å²) >= 11 is 0. The molecule has 2 aromatic carbocycles. The maximum absolute atomic E-state index is 13.5. The maximum Gasteiger partial charge on any atom is 0.238 e. The molecule has 0 fully saturated rings. The van der Waals surface area contributed by atoms with Gasteiger partial charge in [0.2, 0.25) is 15.9 Å². The summed E-state index contributed by atoms with van der Waals surface area (Å²) in [7, 11) is -3.83. The van der Waals surface area contributed by atoms with Crippen LogP contribution in [-0.4, -0.2) is 25.4 Å². The topological polar surface area (TPSA) is 93.4 Å². The van der Waals surface area contributed by atoms with Crippen LogP contribution in [0.5, 0.6) is 0 Å². The van der Waals surface area contributed by atoms with E-state index in [1.807, 2.05) is 25.1 Å². The molecule has 0 radical (unpaired) electrons. The van der Waals surface area contributed by atoms with Crippen molar-refractivity contribution in [1.82, 2.24) is 4.98 Å². The van der Waals surface area contributed by atoms with Crippen LogP contribution in [0.15, 0.2) is 65.7 Å². The number of benzene rings is 2. The van der Waals surface area contributed by atoms with E-state index in [0.29, 0.717) is 24.9 Å². The van der Waals surface area contributed by atoms with Crippen LogP contribution in [0.2, 0.25) is 0 Å². The van der Waals surface area contributed by atoms with E-state index >= 15 is 0 Å². The number of pyridine rings is 1. The Morgan fingerprint density at radius 3 is 2.52 bits per heavy atom. The first kappa shape index (κ1) is 19.9. The molecule has 158 valence electrons. The van der Waals surface area contributed by atoms with Crippen LogP contribution in [0.4, 0.5) is 5.69 Å². The summed E-state index contributed by atoms with van der Waals surface area (Å²) in [5.41, 5.74) is 5.95. The molecule has 1 aliphatic heterocycles. The summed E-state index contributed by atoms with van der Waals surface area (Å²) in [5.74, 6) is -0.131. The van der Waals surface area contributed by atoms with Crippen molar-refractivity contribution >= 4 is 21.6 Å². The van der Waals surface area contributed by atoms with Crippen LogP contribution in [0.1, 0.15) is 23.6 Å². The fraction of sp³-hybridized carbons (Fsp3) is 0.250. The number of nitrogens with two attached hydrogens (primary N) is 1. The Morgan fingerprint density at radius 1 is 1.00 bits per heavy atom. The number of hydrogen-bond acceptors (Lipinski definition) is 4. The highest BCUT2D eigenvalue weighted by Gasteiger charge is 2.37. The minimum atomic E-state index is -3.83. The van der Waals surface area contributed by atoms with Crippen molar-refractivity contribution in [3.8, 4) is 11.3 Å². The van der Waals surface area contributed by atoms with Crippen LogP contribution in [0.3, 0.4) is 0 Å². The summed E-state index contributed by atoms with van der Waals surface area (Å²) < 4.78 is 23.6. The highest BCUT2D eigenvalue weighted by molar-refractivity contribution is 7.89. The second-order valence-corrected chi connectivity index (χ2v) is 9.96. The molecule has 2 N–H and O–H groups in total. The number of nitrogens with zero attached hydrogens (tertiary/aromatic N) is 2. The van der Waals surface area contributed by atoms with Gasteiger partial charge in [-0.2, -0.15) is 0 Å². The number of amides is 1. The van der Waals surface area contributed by atoms with Crippen molar-refractivity contribution in [2.24, 2.45) is 11.1 Å². The lowest BCUT2D eigenvalue weighted by atomic mass is 10.0. The van der Waals surface area contributed by atoms with Gasteiger partial charge in [-0.05, 0) is 73.2 Å². The Balaban J connectivity index is 1.43. The highest BCUT2D eigenvalue weighted by Crippen LogP contribution is 2.38. The number of anilines is 1. The monoisotopic (exact) mass is 433 g/mol. The first-order chi connectivity index (χ1) is 14.8. The van der Waals surface area contributed by atoms with Crippen LogP contribution < -0.4 is 10.0 Å². The van der Waals surface area contributed by atoms with E-state index < -0.39 is 10.0 Å². The summed E-state index contributed by atoms with van der Waals surface area (Å²) in [5, 5.41) is 5.31. The zero-order chi connectivity index (χ0) is 21.8. The van der Waals surface area contributed by atoms with E-state index in [1.54, 1.807) is 17.2 Å². The molecule has 2 atom stereocenters. The molecule has 1 aliphatic carbocycles. The quantitative estimate of drug-likeness (QED) is 0.687. The lowest BCUT2D eigenvalue weighted by Gasteiger charge is -2.26. The van der Waals surface area contributed by atoms with Gasteiger partial charge in [-0.3, -0.25) is 9.78 Å². The van der Waals surface area contributed by atoms with Crippen LogP contribution in [0, 0.1) is 5.92 Å². The third-order valence-electron chi connectivity index (χ3n) is 6.29. The number of aromatic nitrogens is 1. The molecule has 1 aromatic heterocycles. The number of sulfonamides is 1. The molecule has 7 heteroatoms. The lowest BCUT2D eigenvalue weighted by Crippen LogP contribution is -2.40. The Labute approximate surface area is 181 Å². The summed E-state index contributed by atoms with van der Waals surface area (Å²) in [6.45, 7) is 2.00. The van der Waals surface area contributed by atoms with Gasteiger partial charge in [-0.25, -0.2) is 13.6 Å². The second kappa shape index (κ2) is 7.28. The van der Waals surface area contributed by atoms with Crippen molar-refractivity contribution in [3.63, 3.8) is 0 Å². The number of hydrogen-bond donors (Lipinski definition) is 1. The third-order valence-corrected chi connectivity index (χ3v) is 7.20. The second-order valence-electron chi connectivity index (χ2n) is 8.40. The van der Waals surface area contributed by atoms with E-state index in [0.717, 1.165) is 16.8 Å². The highest BCUT2D eigenvalue weighted by atomic mass is 32.2. The van der Waals surface area contributed by atoms with Crippen molar-refractivity contribution < 1.29 is 13.2 Å². The Morgan fingerprint density at radius 2 is 1.77 bits per heavy atom. The Kier molecular flexibility index (Phi) is 4.68. The Hall–Kier alpha value is -3.03. The molecule has 2 heterocycles. The molecular formula is C24H23N3O3S. The van der Waals surface area contributed by atoms with Crippen LogP contribution in [0.25, 0.3) is 11.3 Å². The molecule has 2 aliphatic rings. The SMILES string of the molecule is C[C@@H]1Cc2ccc(S(N)(=O)=O)cc2N1C(=O)[C@@H]1Cc2ccc(-c3ccccn3)cc2C1. The van der Waals surface area contributed by atoms with Crippen LogP contribution >= 0.6 is 0 Å². The number of carbonyl (C=O) groups excluding carboxylic acids is 1. The van der Waals surface area contributed by atoms with Crippen molar-refractivity contribution in [1.29, 1.82) is 0 Å². The van der Waals surface area contributed by atoms with E-state index in [1.165, 1.54) is 23.3 Å². The van der Waals surface area contributed by atoms with Gasteiger partial charge in [0, 0.05) is 29.4 Å². The molecule has 31 heavy (non-hydrogen) atoms. The van der Waals surface area contributed by atoms with Gasteiger partial charge in [0.15, 0.2) is 0 Å². The predicted octanol–water partition coefficient (Wildman–Crippen LogP) is 3.09. The molecule has 0 spiro atoms. The molecule has 1 amide bonds. The molecule has 6 nitrogen and oxygen atoms in total. The summed E-state index contributed by atoms with van der Waals surface area (Å²) in [4.78, 5) is 19.8. The molecule has 0 unspecified atom stereocenters. The predicted molar refractivity (Wildman–Crippen MR) is 119 cm³/mol.